The van der Waals surface area contributed by atoms with Gasteiger partial charge in [-0.3, -0.25) is 4.79 Å². The lowest BCUT2D eigenvalue weighted by atomic mass is 10.1. The van der Waals surface area contributed by atoms with Crippen molar-refractivity contribution in [2.75, 3.05) is 6.61 Å². The maximum Gasteiger partial charge on any atom is 0.311 e. The van der Waals surface area contributed by atoms with E-state index in [1.807, 2.05) is 0 Å². The molecule has 0 fully saturated rings. The zero-order valence-corrected chi connectivity index (χ0v) is 12.8. The Balaban J connectivity index is 3.10. The average molecular weight is 269 g/mol. The monoisotopic (exact) mass is 269 g/mol. The van der Waals surface area contributed by atoms with E-state index in [0.29, 0.717) is 12.3 Å². The van der Waals surface area contributed by atoms with Gasteiger partial charge in [0.25, 0.3) is 0 Å². The van der Waals surface area contributed by atoms with Crippen molar-refractivity contribution >= 4 is 11.7 Å². The third-order valence-electron chi connectivity index (χ3n) is 3.17. The number of rotatable bonds is 13. The van der Waals surface area contributed by atoms with E-state index in [1.165, 1.54) is 51.4 Å². The number of carbonyl (C=O) groups is 1. The van der Waals surface area contributed by atoms with Crippen molar-refractivity contribution in [1.82, 2.24) is 0 Å². The Morgan fingerprint density at radius 2 is 1.37 bits per heavy atom. The lowest BCUT2D eigenvalue weighted by molar-refractivity contribution is -0.142. The number of carbonyl (C=O) groups excluding carboxylic acids is 1. The highest BCUT2D eigenvalue weighted by molar-refractivity contribution is 5.95. The second kappa shape index (κ2) is 13.6. The minimum atomic E-state index is -0.261. The van der Waals surface area contributed by atoms with Gasteiger partial charge in [-0.2, -0.15) is 0 Å². The first-order valence-electron chi connectivity index (χ1n) is 7.86. The molecule has 0 bridgehead atoms. The summed E-state index contributed by atoms with van der Waals surface area (Å²) < 4.78 is 5.05. The van der Waals surface area contributed by atoms with Gasteiger partial charge in [-0.05, 0) is 13.3 Å². The predicted molar refractivity (Wildman–Crippen MR) is 80.8 cm³/mol. The zero-order chi connectivity index (χ0) is 14.3. The van der Waals surface area contributed by atoms with Gasteiger partial charge in [-0.25, -0.2) is 0 Å². The number of unbranched alkanes of at least 4 members (excludes halogenated alkanes) is 9. The summed E-state index contributed by atoms with van der Waals surface area (Å²) in [5.41, 5.74) is 0.369. The summed E-state index contributed by atoms with van der Waals surface area (Å²) in [6.07, 6.45) is 13.0. The van der Waals surface area contributed by atoms with Gasteiger partial charge in [0.05, 0.1) is 13.0 Å². The highest BCUT2D eigenvalue weighted by atomic mass is 16.5. The molecule has 112 valence electrons. The van der Waals surface area contributed by atoms with Crippen LogP contribution < -0.4 is 0 Å². The number of esters is 1. The van der Waals surface area contributed by atoms with Crippen LogP contribution in [-0.4, -0.2) is 18.3 Å². The van der Waals surface area contributed by atoms with Gasteiger partial charge in [-0.15, -0.1) is 0 Å². The zero-order valence-electron chi connectivity index (χ0n) is 12.8. The molecule has 0 amide bonds. The number of ether oxygens (including phenoxy) is 1. The van der Waals surface area contributed by atoms with E-state index >= 15 is 0 Å². The van der Waals surface area contributed by atoms with E-state index in [2.05, 4.69) is 6.92 Å². The first-order chi connectivity index (χ1) is 9.16. The van der Waals surface area contributed by atoms with Gasteiger partial charge < -0.3 is 10.1 Å². The van der Waals surface area contributed by atoms with Crippen molar-refractivity contribution in [2.24, 2.45) is 0 Å². The van der Waals surface area contributed by atoms with Crippen molar-refractivity contribution in [3.05, 3.63) is 0 Å². The van der Waals surface area contributed by atoms with Crippen LogP contribution in [-0.2, 0) is 9.53 Å². The van der Waals surface area contributed by atoms with Gasteiger partial charge in [0.2, 0.25) is 0 Å². The largest absolute Gasteiger partial charge is 0.465 e. The molecule has 0 aromatic carbocycles. The Kier molecular flexibility index (Phi) is 13.0. The molecule has 0 spiro atoms. The highest BCUT2D eigenvalue weighted by Gasteiger charge is 2.02. The molecular weight excluding hydrogens is 238 g/mol. The molecule has 3 nitrogen and oxygen atoms in total. The standard InChI is InChI=1S/C16H31NO2/c1-3-4-5-6-7-8-9-10-11-12-13-19-16(18)14-15(2)17/h17H,3-14H2,1-2H3. The molecule has 0 aromatic rings. The van der Waals surface area contributed by atoms with E-state index in [9.17, 15) is 4.79 Å². The fourth-order valence-corrected chi connectivity index (χ4v) is 2.04. The van der Waals surface area contributed by atoms with Crippen molar-refractivity contribution < 1.29 is 9.53 Å². The fraction of sp³-hybridized carbons (Fsp3) is 0.875. The number of hydrogen-bond donors (Lipinski definition) is 1. The van der Waals surface area contributed by atoms with E-state index < -0.39 is 0 Å². The molecule has 19 heavy (non-hydrogen) atoms. The first kappa shape index (κ1) is 18.1. The topological polar surface area (TPSA) is 50.2 Å². The molecule has 1 N–H and O–H groups in total. The normalized spacial score (nSPS) is 10.4. The lowest BCUT2D eigenvalue weighted by Gasteiger charge is -2.04. The van der Waals surface area contributed by atoms with E-state index in [4.69, 9.17) is 10.1 Å². The molecule has 0 aliphatic heterocycles. The molecule has 0 rings (SSSR count). The highest BCUT2D eigenvalue weighted by Crippen LogP contribution is 2.10. The summed E-state index contributed by atoms with van der Waals surface area (Å²) in [5, 5.41) is 7.18. The van der Waals surface area contributed by atoms with Crippen LogP contribution >= 0.6 is 0 Å². The second-order valence-corrected chi connectivity index (χ2v) is 5.36. The summed E-state index contributed by atoms with van der Waals surface area (Å²) in [4.78, 5) is 11.2. The van der Waals surface area contributed by atoms with Crippen LogP contribution in [0.1, 0.15) is 84.5 Å². The average Bonchev–Trinajstić information content (AvgIpc) is 2.35. The summed E-state index contributed by atoms with van der Waals surface area (Å²) in [6, 6.07) is 0. The minimum Gasteiger partial charge on any atom is -0.465 e. The summed E-state index contributed by atoms with van der Waals surface area (Å²) >= 11 is 0. The first-order valence-corrected chi connectivity index (χ1v) is 7.86. The Labute approximate surface area is 118 Å². The Morgan fingerprint density at radius 3 is 1.84 bits per heavy atom. The van der Waals surface area contributed by atoms with Gasteiger partial charge in [-0.1, -0.05) is 64.7 Å². The molecule has 0 aliphatic rings. The molecule has 3 heteroatoms. The van der Waals surface area contributed by atoms with Gasteiger partial charge in [0.15, 0.2) is 0 Å². The number of nitrogens with one attached hydrogen (secondary N) is 1. The maximum atomic E-state index is 11.2. The van der Waals surface area contributed by atoms with E-state index in [0.717, 1.165) is 12.8 Å². The molecule has 0 atom stereocenters. The van der Waals surface area contributed by atoms with Crippen molar-refractivity contribution in [1.29, 1.82) is 5.41 Å². The molecule has 0 aliphatic carbocycles. The van der Waals surface area contributed by atoms with Crippen molar-refractivity contribution in [2.45, 2.75) is 84.5 Å². The Morgan fingerprint density at radius 1 is 0.895 bits per heavy atom. The molecule has 0 saturated carbocycles. The third-order valence-corrected chi connectivity index (χ3v) is 3.17. The van der Waals surface area contributed by atoms with Crippen molar-refractivity contribution in [3.8, 4) is 0 Å². The van der Waals surface area contributed by atoms with Crippen LogP contribution in [0, 0.1) is 5.41 Å². The SMILES string of the molecule is CCCCCCCCCCCCOC(=O)CC(C)=N. The third kappa shape index (κ3) is 15.1. The molecule has 0 unspecified atom stereocenters. The van der Waals surface area contributed by atoms with E-state index in [-0.39, 0.29) is 12.4 Å². The van der Waals surface area contributed by atoms with E-state index in [1.54, 1.807) is 6.92 Å². The molecule has 0 radical (unpaired) electrons. The van der Waals surface area contributed by atoms with Crippen LogP contribution in [0.5, 0.6) is 0 Å². The van der Waals surface area contributed by atoms with Gasteiger partial charge >= 0.3 is 5.97 Å². The Bertz CT molecular complexity index is 239. The van der Waals surface area contributed by atoms with Crippen molar-refractivity contribution in [3.63, 3.8) is 0 Å². The lowest BCUT2D eigenvalue weighted by Crippen LogP contribution is -2.09. The van der Waals surface area contributed by atoms with Crippen LogP contribution in [0.2, 0.25) is 0 Å². The number of hydrogen-bond acceptors (Lipinski definition) is 3. The molecular formula is C16H31NO2. The van der Waals surface area contributed by atoms with Gasteiger partial charge in [0.1, 0.15) is 0 Å². The second-order valence-electron chi connectivity index (χ2n) is 5.36. The predicted octanol–water partition coefficient (Wildman–Crippen LogP) is 4.88. The molecule has 0 heterocycles. The summed E-state index contributed by atoms with van der Waals surface area (Å²) in [5.74, 6) is -0.261. The van der Waals surface area contributed by atoms with Crippen LogP contribution in [0.4, 0.5) is 0 Å². The molecule has 0 aromatic heterocycles. The van der Waals surface area contributed by atoms with Gasteiger partial charge in [0, 0.05) is 5.71 Å². The Hall–Kier alpha value is -0.860. The maximum absolute atomic E-state index is 11.2. The smallest absolute Gasteiger partial charge is 0.311 e. The fourth-order valence-electron chi connectivity index (χ4n) is 2.04. The molecule has 0 saturated heterocycles. The summed E-state index contributed by atoms with van der Waals surface area (Å²) in [7, 11) is 0. The minimum absolute atomic E-state index is 0.137. The van der Waals surface area contributed by atoms with Crippen LogP contribution in [0.15, 0.2) is 0 Å². The van der Waals surface area contributed by atoms with Crippen LogP contribution in [0.25, 0.3) is 0 Å². The summed E-state index contributed by atoms with van der Waals surface area (Å²) in [6.45, 7) is 4.39. The van der Waals surface area contributed by atoms with Crippen LogP contribution in [0.3, 0.4) is 0 Å². The quantitative estimate of drug-likeness (QED) is 0.294.